The van der Waals surface area contributed by atoms with Gasteiger partial charge in [0.15, 0.2) is 18.6 Å². The lowest BCUT2D eigenvalue weighted by Gasteiger charge is -2.38. The molecule has 0 saturated carbocycles. The van der Waals surface area contributed by atoms with Gasteiger partial charge >= 0.3 is 29.6 Å². The highest BCUT2D eigenvalue weighted by atomic mass is 16.7. The number of aromatic nitrogens is 2. The van der Waals surface area contributed by atoms with E-state index >= 15 is 0 Å². The van der Waals surface area contributed by atoms with Gasteiger partial charge in [0.25, 0.3) is 5.56 Å². The number of unbranched alkanes of at least 4 members (excludes halogenated alkanes) is 7. The number of nitrogens with two attached hydrogens (primary N) is 1. The van der Waals surface area contributed by atoms with Gasteiger partial charge in [-0.05, 0) is 31.7 Å². The third-order valence-corrected chi connectivity index (χ3v) is 12.5. The fourth-order valence-electron chi connectivity index (χ4n) is 8.90. The van der Waals surface area contributed by atoms with Crippen molar-refractivity contribution in [3.63, 3.8) is 0 Å². The number of likely N-dealkylation sites (N-methyl/N-ethyl adjacent to an activating group) is 2. The Bertz CT molecular complexity index is 1910. The monoisotopic (exact) mass is 957 g/mol. The molecule has 1 aromatic rings. The van der Waals surface area contributed by atoms with Crippen LogP contribution in [0.2, 0.25) is 0 Å². The summed E-state index contributed by atoms with van der Waals surface area (Å²) in [5, 5.41) is 63.8. The molecule has 9 N–H and O–H groups in total. The van der Waals surface area contributed by atoms with E-state index in [0.717, 1.165) is 60.9 Å². The Balaban J connectivity index is 1.56. The van der Waals surface area contributed by atoms with Crippen molar-refractivity contribution < 1.29 is 78.3 Å². The minimum Gasteiger partial charge on any atom is -0.481 e. The number of hydrogen-bond acceptors (Lipinski definition) is 18. The molecule has 3 aliphatic rings. The number of carboxylic acid groups (broad SMARTS) is 2. The van der Waals surface area contributed by atoms with E-state index in [1.807, 2.05) is 4.98 Å². The van der Waals surface area contributed by atoms with Crippen LogP contribution in [0.5, 0.6) is 0 Å². The van der Waals surface area contributed by atoms with Gasteiger partial charge in [-0.3, -0.25) is 38.4 Å². The number of H-pyrrole nitrogens is 1. The lowest BCUT2D eigenvalue weighted by molar-refractivity contribution is -0.233. The summed E-state index contributed by atoms with van der Waals surface area (Å²) in [5.74, 6) is -5.24. The minimum atomic E-state index is -1.95. The maximum atomic E-state index is 14.5. The van der Waals surface area contributed by atoms with Crippen molar-refractivity contribution in [2.45, 2.75) is 184 Å². The first-order valence-corrected chi connectivity index (χ1v) is 23.2. The Kier molecular flexibility index (Phi) is 21.3. The topological polar surface area (TPSA) is 340 Å². The van der Waals surface area contributed by atoms with Crippen molar-refractivity contribution in [3.8, 4) is 0 Å². The number of carboxylic acids is 2. The number of aliphatic hydroxyl groups is 4. The zero-order chi connectivity index (χ0) is 49.7. The van der Waals surface area contributed by atoms with E-state index in [9.17, 15) is 64.2 Å². The zero-order valence-corrected chi connectivity index (χ0v) is 38.9. The Hall–Kier alpha value is -4.33. The van der Waals surface area contributed by atoms with Crippen molar-refractivity contribution in [1.29, 1.82) is 0 Å². The molecular formula is C44H71N5O18. The van der Waals surface area contributed by atoms with Gasteiger partial charge in [-0.1, -0.05) is 72.1 Å². The molecule has 23 heteroatoms. The average molecular weight is 958 g/mol. The van der Waals surface area contributed by atoms with Crippen LogP contribution in [0.4, 0.5) is 0 Å². The predicted molar refractivity (Wildman–Crippen MR) is 234 cm³/mol. The van der Waals surface area contributed by atoms with E-state index < -0.39 is 139 Å². The number of amides is 1. The van der Waals surface area contributed by atoms with Crippen LogP contribution in [0, 0.1) is 11.8 Å². The summed E-state index contributed by atoms with van der Waals surface area (Å²) in [6.07, 6.45) is -8.61. The number of ether oxygens (including phenoxy) is 5. The van der Waals surface area contributed by atoms with Crippen LogP contribution in [0.25, 0.3) is 0 Å². The Morgan fingerprint density at radius 1 is 0.821 bits per heavy atom. The van der Waals surface area contributed by atoms with Crippen LogP contribution in [0.15, 0.2) is 21.9 Å². The number of carbonyl (C=O) groups excluding carboxylic acids is 3. The van der Waals surface area contributed by atoms with Crippen molar-refractivity contribution in [2.75, 3.05) is 27.2 Å². The number of aromatic amines is 1. The average Bonchev–Trinajstić information content (AvgIpc) is 3.65. The summed E-state index contributed by atoms with van der Waals surface area (Å²) in [5.41, 5.74) is 3.92. The van der Waals surface area contributed by atoms with Crippen molar-refractivity contribution in [1.82, 2.24) is 19.4 Å². The molecule has 3 aliphatic heterocycles. The molecular weight excluding hydrogens is 887 g/mol. The number of nitrogens with zero attached hydrogens (tertiary/aromatic N) is 3. The van der Waals surface area contributed by atoms with Crippen molar-refractivity contribution >= 4 is 29.8 Å². The second-order valence-corrected chi connectivity index (χ2v) is 18.5. The first kappa shape index (κ1) is 55.3. The van der Waals surface area contributed by atoms with Gasteiger partial charge in [0.1, 0.15) is 61.0 Å². The third kappa shape index (κ3) is 15.3. The number of carbonyl (C=O) groups is 5. The lowest BCUT2D eigenvalue weighted by Crippen LogP contribution is -2.59. The molecule has 1 amide bonds. The number of hydrogen-bond donors (Lipinski definition) is 8. The standard InChI is InChI=1S/C44H71N5O18/c1-23(2)14-12-10-8-6-7-9-11-13-15-25(63-30(53)19-24(3)18-29(51)52)20-31(54)64-27-22-47(4)33(40(59)48(5)32(27)42(60)61)38(67-43-37(58)34(55)26(21-45)65-43)39-35(56)36(57)41(66-39)49-17-16-28(50)46-44(49)62/h16-17,23-27,32-39,41,43,55-58H,6-15,18-22,45H2,1-5H3,(H,51,52)(H,60,61)(H,46,50,62)/t24?,25?,26-,27?,32?,33?,34-,35+,36-,37-,38?,39+,41-,43+/m1/s1. The molecule has 0 aromatic carbocycles. The zero-order valence-electron chi connectivity index (χ0n) is 38.9. The molecule has 0 bridgehead atoms. The summed E-state index contributed by atoms with van der Waals surface area (Å²) in [6, 6.07) is -2.56. The lowest BCUT2D eigenvalue weighted by atomic mass is 9.97. The van der Waals surface area contributed by atoms with Gasteiger partial charge in [-0.25, -0.2) is 9.59 Å². The fraction of sp³-hybridized carbons (Fsp3) is 0.795. The SMILES string of the molecule is CC(C)CCCCCCCCCCC(CC(=O)OC1CN(C)C(C(O[C@@H]2O[C@H](CN)[C@@H](O)[C@H]2O)[C@H]2O[C@@H](n3ccc(=O)[nH]c3=O)[C@H](O)[C@@H]2O)C(=O)N(C)C1C(=O)O)OC(=O)CC(C)CC(=O)O. The van der Waals surface area contributed by atoms with Crippen LogP contribution in [0.3, 0.4) is 0 Å². The van der Waals surface area contributed by atoms with E-state index in [-0.39, 0.29) is 25.8 Å². The van der Waals surface area contributed by atoms with Crippen LogP contribution in [-0.2, 0) is 47.7 Å². The highest BCUT2D eigenvalue weighted by Gasteiger charge is 2.57. The summed E-state index contributed by atoms with van der Waals surface area (Å²) in [7, 11) is 2.47. The normalized spacial score (nSPS) is 29.4. The minimum absolute atomic E-state index is 0.228. The summed E-state index contributed by atoms with van der Waals surface area (Å²) >= 11 is 0. The van der Waals surface area contributed by atoms with Gasteiger partial charge in [0.05, 0.1) is 6.42 Å². The molecule has 14 atom stereocenters. The van der Waals surface area contributed by atoms with Crippen molar-refractivity contribution in [3.05, 3.63) is 33.1 Å². The molecule has 23 nitrogen and oxygen atoms in total. The van der Waals surface area contributed by atoms with Crippen LogP contribution < -0.4 is 17.0 Å². The first-order chi connectivity index (χ1) is 31.6. The highest BCUT2D eigenvalue weighted by molar-refractivity contribution is 5.88. The smallest absolute Gasteiger partial charge is 0.330 e. The first-order valence-electron chi connectivity index (χ1n) is 23.2. The molecule has 67 heavy (non-hydrogen) atoms. The van der Waals surface area contributed by atoms with Gasteiger partial charge in [-0.15, -0.1) is 0 Å². The van der Waals surface area contributed by atoms with E-state index in [4.69, 9.17) is 29.4 Å². The van der Waals surface area contributed by atoms with Crippen LogP contribution >= 0.6 is 0 Å². The predicted octanol–water partition coefficient (Wildman–Crippen LogP) is -0.556. The second kappa shape index (κ2) is 25.9. The quantitative estimate of drug-likeness (QED) is 0.0426. The van der Waals surface area contributed by atoms with Gasteiger partial charge in [0.2, 0.25) is 5.91 Å². The molecule has 4 heterocycles. The van der Waals surface area contributed by atoms with E-state index in [0.29, 0.717) is 12.3 Å². The molecule has 0 aliphatic carbocycles. The molecule has 1 aromatic heterocycles. The van der Waals surface area contributed by atoms with Gasteiger partial charge in [0, 0.05) is 45.2 Å². The summed E-state index contributed by atoms with van der Waals surface area (Å²) < 4.78 is 30.0. The molecule has 0 spiro atoms. The molecule has 4 rings (SSSR count). The third-order valence-electron chi connectivity index (χ3n) is 12.5. The highest BCUT2D eigenvalue weighted by Crippen LogP contribution is 2.36. The van der Waals surface area contributed by atoms with Crippen molar-refractivity contribution in [2.24, 2.45) is 17.6 Å². The van der Waals surface area contributed by atoms with E-state index in [2.05, 4.69) is 13.8 Å². The Morgan fingerprint density at radius 2 is 1.45 bits per heavy atom. The number of aliphatic carboxylic acids is 2. The Labute approximate surface area is 388 Å². The summed E-state index contributed by atoms with van der Waals surface area (Å²) in [6.45, 7) is 5.22. The number of rotatable bonds is 26. The van der Waals surface area contributed by atoms with Crippen LogP contribution in [-0.4, -0.2) is 180 Å². The molecule has 0 radical (unpaired) electrons. The van der Waals surface area contributed by atoms with E-state index in [1.165, 1.54) is 31.2 Å². The number of nitrogens with one attached hydrogen (secondary N) is 1. The van der Waals surface area contributed by atoms with E-state index in [1.54, 1.807) is 6.92 Å². The Morgan fingerprint density at radius 3 is 2.01 bits per heavy atom. The maximum absolute atomic E-state index is 14.5. The summed E-state index contributed by atoms with van der Waals surface area (Å²) in [4.78, 5) is 94.1. The number of aliphatic hydroxyl groups excluding tert-OH is 4. The maximum Gasteiger partial charge on any atom is 0.330 e. The second-order valence-electron chi connectivity index (χ2n) is 18.5. The molecule has 3 fully saturated rings. The van der Waals surface area contributed by atoms with Gasteiger partial charge < -0.3 is 65.0 Å². The fourth-order valence-corrected chi connectivity index (χ4v) is 8.90. The number of esters is 2. The van der Waals surface area contributed by atoms with Gasteiger partial charge in [-0.2, -0.15) is 0 Å². The van der Waals surface area contributed by atoms with Crippen LogP contribution in [0.1, 0.15) is 110 Å². The molecule has 6 unspecified atom stereocenters. The molecule has 3 saturated heterocycles. The molecule has 380 valence electrons. The largest absolute Gasteiger partial charge is 0.481 e.